The highest BCUT2D eigenvalue weighted by Gasteiger charge is 2.40. The first-order valence-corrected chi connectivity index (χ1v) is 10.4. The first-order chi connectivity index (χ1) is 14.3. The first-order valence-electron chi connectivity index (χ1n) is 9.53. The molecule has 160 valence electrons. The topological polar surface area (TPSA) is 59.1 Å². The van der Waals surface area contributed by atoms with E-state index in [-0.39, 0.29) is 11.7 Å². The average Bonchev–Trinajstić information content (AvgIpc) is 2.81. The maximum absolute atomic E-state index is 14.1. The summed E-state index contributed by atoms with van der Waals surface area (Å²) >= 11 is 1.32. The SMILES string of the molecule is COc1ccc([C@@H]2Sc3cc(F)ccc3N(CCN(C)C)C(=O)C2OC(C)=O)cc1. The summed E-state index contributed by atoms with van der Waals surface area (Å²) in [4.78, 5) is 29.6. The fourth-order valence-corrected chi connectivity index (χ4v) is 4.61. The van der Waals surface area contributed by atoms with E-state index in [9.17, 15) is 14.0 Å². The molecular formula is C22H25FN2O4S. The van der Waals surface area contributed by atoms with Crippen molar-refractivity contribution in [2.24, 2.45) is 0 Å². The number of ether oxygens (including phenoxy) is 2. The molecule has 2 aromatic carbocycles. The van der Waals surface area contributed by atoms with E-state index in [0.717, 1.165) is 5.56 Å². The lowest BCUT2D eigenvalue weighted by Gasteiger charge is -2.28. The van der Waals surface area contributed by atoms with E-state index in [4.69, 9.17) is 9.47 Å². The summed E-state index contributed by atoms with van der Waals surface area (Å²) in [7, 11) is 5.39. The van der Waals surface area contributed by atoms with Gasteiger partial charge in [-0.3, -0.25) is 9.59 Å². The number of nitrogens with zero attached hydrogens (tertiary/aromatic N) is 2. The Balaban J connectivity index is 2.09. The van der Waals surface area contributed by atoms with Gasteiger partial charge in [0.05, 0.1) is 18.0 Å². The molecule has 8 heteroatoms. The molecule has 30 heavy (non-hydrogen) atoms. The van der Waals surface area contributed by atoms with Crippen molar-refractivity contribution in [2.45, 2.75) is 23.2 Å². The molecule has 0 spiro atoms. The van der Waals surface area contributed by atoms with Gasteiger partial charge in [0.25, 0.3) is 5.91 Å². The van der Waals surface area contributed by atoms with Crippen molar-refractivity contribution in [3.05, 3.63) is 53.8 Å². The Kier molecular flexibility index (Phi) is 6.99. The first kappa shape index (κ1) is 22.1. The summed E-state index contributed by atoms with van der Waals surface area (Å²) < 4.78 is 24.8. The van der Waals surface area contributed by atoms with Gasteiger partial charge in [-0.05, 0) is 50.0 Å². The number of hydrogen-bond donors (Lipinski definition) is 0. The third-order valence-electron chi connectivity index (χ3n) is 4.76. The van der Waals surface area contributed by atoms with Gasteiger partial charge < -0.3 is 19.3 Å². The molecule has 3 rings (SSSR count). The molecule has 1 unspecified atom stereocenters. The van der Waals surface area contributed by atoms with Crippen LogP contribution in [0.3, 0.4) is 0 Å². The Bertz CT molecular complexity index is 920. The molecule has 1 aliphatic rings. The van der Waals surface area contributed by atoms with Gasteiger partial charge in [0.1, 0.15) is 11.6 Å². The number of likely N-dealkylation sites (N-methyl/N-ethyl adjacent to an activating group) is 1. The predicted molar refractivity (Wildman–Crippen MR) is 114 cm³/mol. The molecule has 6 nitrogen and oxygen atoms in total. The van der Waals surface area contributed by atoms with Crippen LogP contribution in [0.2, 0.25) is 0 Å². The molecule has 0 saturated carbocycles. The van der Waals surface area contributed by atoms with E-state index in [2.05, 4.69) is 0 Å². The van der Waals surface area contributed by atoms with Gasteiger partial charge in [-0.1, -0.05) is 12.1 Å². The van der Waals surface area contributed by atoms with Crippen molar-refractivity contribution in [1.29, 1.82) is 0 Å². The smallest absolute Gasteiger partial charge is 0.303 e. The number of methoxy groups -OCH3 is 1. The molecule has 0 aliphatic carbocycles. The number of anilines is 1. The fraction of sp³-hybridized carbons (Fsp3) is 0.364. The van der Waals surface area contributed by atoms with Crippen molar-refractivity contribution >= 4 is 29.3 Å². The number of hydrogen-bond acceptors (Lipinski definition) is 6. The van der Waals surface area contributed by atoms with Crippen LogP contribution in [-0.2, 0) is 14.3 Å². The number of halogens is 1. The number of carbonyl (C=O) groups is 2. The van der Waals surface area contributed by atoms with Gasteiger partial charge in [0.15, 0.2) is 6.10 Å². The van der Waals surface area contributed by atoms with Gasteiger partial charge in [-0.15, -0.1) is 11.8 Å². The Morgan fingerprint density at radius 1 is 1.20 bits per heavy atom. The highest BCUT2D eigenvalue weighted by molar-refractivity contribution is 7.99. The standard InChI is InChI=1S/C22H25FN2O4S/c1-14(26)29-20-21(15-5-8-17(28-4)9-6-15)30-19-13-16(23)7-10-18(19)25(22(20)27)12-11-24(2)3/h5-10,13,20-21H,11-12H2,1-4H3/t20?,21-/m0/s1. The quantitative estimate of drug-likeness (QED) is 0.651. The van der Waals surface area contributed by atoms with Crippen molar-refractivity contribution < 1.29 is 23.5 Å². The number of rotatable bonds is 6. The van der Waals surface area contributed by atoms with E-state index in [1.807, 2.05) is 31.1 Å². The van der Waals surface area contributed by atoms with E-state index in [0.29, 0.717) is 29.4 Å². The van der Waals surface area contributed by atoms with Crippen LogP contribution in [0.1, 0.15) is 17.7 Å². The molecule has 0 radical (unpaired) electrons. The van der Waals surface area contributed by atoms with Crippen LogP contribution in [0.5, 0.6) is 5.75 Å². The molecule has 0 bridgehead atoms. The van der Waals surface area contributed by atoms with Crippen LogP contribution in [-0.4, -0.2) is 57.2 Å². The second-order valence-corrected chi connectivity index (χ2v) is 8.43. The van der Waals surface area contributed by atoms with Gasteiger partial charge >= 0.3 is 5.97 Å². The number of carbonyl (C=O) groups excluding carboxylic acids is 2. The molecule has 1 aliphatic heterocycles. The Morgan fingerprint density at radius 2 is 1.90 bits per heavy atom. The molecule has 2 atom stereocenters. The molecule has 2 aromatic rings. The third-order valence-corrected chi connectivity index (χ3v) is 6.11. The molecule has 1 heterocycles. The number of amides is 1. The van der Waals surface area contributed by atoms with E-state index in [1.165, 1.54) is 30.8 Å². The summed E-state index contributed by atoms with van der Waals surface area (Å²) in [6.45, 7) is 2.27. The predicted octanol–water partition coefficient (Wildman–Crippen LogP) is 3.51. The second-order valence-electron chi connectivity index (χ2n) is 7.25. The van der Waals surface area contributed by atoms with Crippen molar-refractivity contribution in [2.75, 3.05) is 39.2 Å². The Labute approximate surface area is 179 Å². The number of esters is 1. The van der Waals surface area contributed by atoms with Crippen molar-refractivity contribution in [1.82, 2.24) is 4.90 Å². The van der Waals surface area contributed by atoms with E-state index in [1.54, 1.807) is 30.2 Å². The zero-order valence-corrected chi connectivity index (χ0v) is 18.2. The van der Waals surface area contributed by atoms with Gasteiger partial charge in [-0.2, -0.15) is 0 Å². The molecule has 0 saturated heterocycles. The Hall–Kier alpha value is -2.58. The molecule has 0 N–H and O–H groups in total. The lowest BCUT2D eigenvalue weighted by atomic mass is 10.1. The second kappa shape index (κ2) is 9.49. The zero-order chi connectivity index (χ0) is 21.8. The summed E-state index contributed by atoms with van der Waals surface area (Å²) in [6, 6.07) is 11.6. The van der Waals surface area contributed by atoms with Crippen LogP contribution in [0.25, 0.3) is 0 Å². The van der Waals surface area contributed by atoms with Gasteiger partial charge in [0, 0.05) is 24.9 Å². The largest absolute Gasteiger partial charge is 0.497 e. The van der Waals surface area contributed by atoms with E-state index >= 15 is 0 Å². The minimum Gasteiger partial charge on any atom is -0.497 e. The molecule has 0 aromatic heterocycles. The molecule has 0 fully saturated rings. The highest BCUT2D eigenvalue weighted by Crippen LogP contribution is 2.47. The van der Waals surface area contributed by atoms with Gasteiger partial charge in [-0.25, -0.2) is 4.39 Å². The average molecular weight is 433 g/mol. The molecular weight excluding hydrogens is 407 g/mol. The minimum absolute atomic E-state index is 0.328. The number of fused-ring (bicyclic) bond motifs is 1. The maximum atomic E-state index is 14.1. The monoisotopic (exact) mass is 432 g/mol. The lowest BCUT2D eigenvalue weighted by Crippen LogP contribution is -2.45. The summed E-state index contributed by atoms with van der Waals surface area (Å²) in [5.74, 6) is -0.588. The van der Waals surface area contributed by atoms with Crippen LogP contribution in [0, 0.1) is 5.82 Å². The summed E-state index contributed by atoms with van der Waals surface area (Å²) in [6.07, 6.45) is -1.04. The molecule has 1 amide bonds. The van der Waals surface area contributed by atoms with E-state index < -0.39 is 17.3 Å². The Morgan fingerprint density at radius 3 is 2.50 bits per heavy atom. The third kappa shape index (κ3) is 4.94. The van der Waals surface area contributed by atoms with Gasteiger partial charge in [0.2, 0.25) is 0 Å². The van der Waals surface area contributed by atoms with Crippen molar-refractivity contribution in [3.8, 4) is 5.75 Å². The van der Waals surface area contributed by atoms with Crippen LogP contribution >= 0.6 is 11.8 Å². The highest BCUT2D eigenvalue weighted by atomic mass is 32.2. The normalized spacial score (nSPS) is 18.7. The van der Waals surface area contributed by atoms with Crippen LogP contribution in [0.4, 0.5) is 10.1 Å². The summed E-state index contributed by atoms with van der Waals surface area (Å²) in [5.41, 5.74) is 1.39. The van der Waals surface area contributed by atoms with Crippen LogP contribution in [0.15, 0.2) is 47.4 Å². The summed E-state index contributed by atoms with van der Waals surface area (Å²) in [5, 5.41) is -0.530. The maximum Gasteiger partial charge on any atom is 0.303 e. The van der Waals surface area contributed by atoms with Crippen LogP contribution < -0.4 is 9.64 Å². The van der Waals surface area contributed by atoms with Crippen molar-refractivity contribution in [3.63, 3.8) is 0 Å². The lowest BCUT2D eigenvalue weighted by molar-refractivity contribution is -0.152. The minimum atomic E-state index is -1.04. The number of benzene rings is 2. The fourth-order valence-electron chi connectivity index (χ4n) is 3.26. The zero-order valence-electron chi connectivity index (χ0n) is 17.4. The number of thioether (sulfide) groups is 1.